The van der Waals surface area contributed by atoms with Gasteiger partial charge in [0.1, 0.15) is 5.75 Å². The lowest BCUT2D eigenvalue weighted by molar-refractivity contribution is -0.274. The number of halogens is 3. The van der Waals surface area contributed by atoms with Gasteiger partial charge in [-0.3, -0.25) is 0 Å². The second kappa shape index (κ2) is 6.43. The molecule has 1 saturated heterocycles. The minimum Gasteiger partial charge on any atom is -0.406 e. The SMILES string of the molecule is CN1CCCN(S(=O)(=O)c2ccc(OC(F)(F)F)cc2)CC1. The normalized spacial score (nSPS) is 18.9. The summed E-state index contributed by atoms with van der Waals surface area (Å²) in [5.74, 6) is -0.443. The van der Waals surface area contributed by atoms with Crippen LogP contribution in [0.15, 0.2) is 29.2 Å². The predicted octanol–water partition coefficient (Wildman–Crippen LogP) is 1.91. The van der Waals surface area contributed by atoms with Crippen molar-refractivity contribution >= 4 is 10.0 Å². The second-order valence-corrected chi connectivity index (χ2v) is 7.02. The van der Waals surface area contributed by atoms with Crippen LogP contribution in [0.4, 0.5) is 13.2 Å². The van der Waals surface area contributed by atoms with Crippen LogP contribution >= 0.6 is 0 Å². The Hall–Kier alpha value is -1.32. The van der Waals surface area contributed by atoms with E-state index in [1.54, 1.807) is 0 Å². The van der Waals surface area contributed by atoms with Crippen molar-refractivity contribution in [2.75, 3.05) is 33.2 Å². The van der Waals surface area contributed by atoms with Gasteiger partial charge in [-0.1, -0.05) is 0 Å². The fourth-order valence-electron chi connectivity index (χ4n) is 2.23. The largest absolute Gasteiger partial charge is 0.573 e. The molecular weight excluding hydrogens is 321 g/mol. The molecule has 124 valence electrons. The zero-order chi connectivity index (χ0) is 16.4. The number of likely N-dealkylation sites (N-methyl/N-ethyl adjacent to an activating group) is 1. The Labute approximate surface area is 127 Å². The summed E-state index contributed by atoms with van der Waals surface area (Å²) in [4.78, 5) is 2.00. The molecule has 0 aliphatic carbocycles. The fraction of sp³-hybridized carbons (Fsp3) is 0.538. The van der Waals surface area contributed by atoms with Gasteiger partial charge in [0.2, 0.25) is 10.0 Å². The first-order valence-electron chi connectivity index (χ1n) is 6.73. The molecular formula is C13H17F3N2O3S. The second-order valence-electron chi connectivity index (χ2n) is 5.08. The van der Waals surface area contributed by atoms with Gasteiger partial charge in [-0.15, -0.1) is 13.2 Å². The summed E-state index contributed by atoms with van der Waals surface area (Å²) in [7, 11) is -1.78. The highest BCUT2D eigenvalue weighted by atomic mass is 32.2. The van der Waals surface area contributed by atoms with Crippen molar-refractivity contribution in [3.8, 4) is 5.75 Å². The topological polar surface area (TPSA) is 49.9 Å². The highest BCUT2D eigenvalue weighted by Gasteiger charge is 2.31. The molecule has 0 saturated carbocycles. The summed E-state index contributed by atoms with van der Waals surface area (Å²) in [5.41, 5.74) is 0. The molecule has 5 nitrogen and oxygen atoms in total. The zero-order valence-corrected chi connectivity index (χ0v) is 12.8. The van der Waals surface area contributed by atoms with Crippen molar-refractivity contribution in [3.63, 3.8) is 0 Å². The third kappa shape index (κ3) is 4.34. The van der Waals surface area contributed by atoms with E-state index >= 15 is 0 Å². The van der Waals surface area contributed by atoms with Crippen molar-refractivity contribution in [1.82, 2.24) is 9.21 Å². The van der Waals surface area contributed by atoms with E-state index in [-0.39, 0.29) is 4.90 Å². The van der Waals surface area contributed by atoms with Crippen LogP contribution < -0.4 is 4.74 Å². The van der Waals surface area contributed by atoms with Crippen LogP contribution in [0.1, 0.15) is 6.42 Å². The van der Waals surface area contributed by atoms with Gasteiger partial charge in [0.25, 0.3) is 0 Å². The van der Waals surface area contributed by atoms with Crippen LogP contribution in [0.3, 0.4) is 0 Å². The van der Waals surface area contributed by atoms with Crippen LogP contribution in [0, 0.1) is 0 Å². The van der Waals surface area contributed by atoms with Crippen LogP contribution in [0.5, 0.6) is 5.75 Å². The molecule has 0 aromatic heterocycles. The first-order valence-corrected chi connectivity index (χ1v) is 8.17. The lowest BCUT2D eigenvalue weighted by atomic mass is 10.3. The molecule has 0 atom stereocenters. The first-order chi connectivity index (χ1) is 10.2. The van der Waals surface area contributed by atoms with Crippen LogP contribution in [0.2, 0.25) is 0 Å². The Morgan fingerprint density at radius 2 is 1.68 bits per heavy atom. The number of ether oxygens (including phenoxy) is 1. The Balaban J connectivity index is 2.15. The molecule has 0 radical (unpaired) electrons. The number of nitrogens with zero attached hydrogens (tertiary/aromatic N) is 2. The minimum absolute atomic E-state index is 0.0356. The van der Waals surface area contributed by atoms with E-state index in [0.29, 0.717) is 26.1 Å². The third-order valence-corrected chi connectivity index (χ3v) is 5.29. The van der Waals surface area contributed by atoms with E-state index in [2.05, 4.69) is 4.74 Å². The van der Waals surface area contributed by atoms with Gasteiger partial charge in [-0.25, -0.2) is 8.42 Å². The van der Waals surface area contributed by atoms with Crippen molar-refractivity contribution in [3.05, 3.63) is 24.3 Å². The molecule has 0 spiro atoms. The van der Waals surface area contributed by atoms with Gasteiger partial charge in [0, 0.05) is 19.6 Å². The number of sulfonamides is 1. The number of alkyl halides is 3. The van der Waals surface area contributed by atoms with Gasteiger partial charge < -0.3 is 9.64 Å². The summed E-state index contributed by atoms with van der Waals surface area (Å²) >= 11 is 0. The number of hydrogen-bond acceptors (Lipinski definition) is 4. The molecule has 1 aromatic carbocycles. The molecule has 2 rings (SSSR count). The molecule has 0 amide bonds. The summed E-state index contributed by atoms with van der Waals surface area (Å²) in [6, 6.07) is 4.27. The van der Waals surface area contributed by atoms with E-state index in [4.69, 9.17) is 0 Å². The summed E-state index contributed by atoms with van der Waals surface area (Å²) in [5, 5.41) is 0. The van der Waals surface area contributed by atoms with Gasteiger partial charge in [-0.2, -0.15) is 4.31 Å². The average molecular weight is 338 g/mol. The Kier molecular flexibility index (Phi) is 4.98. The standard InChI is InChI=1S/C13H17F3N2O3S/c1-17-7-2-8-18(10-9-17)22(19,20)12-5-3-11(4-6-12)21-13(14,15)16/h3-6H,2,7-10H2,1H3. The summed E-state index contributed by atoms with van der Waals surface area (Å²) < 4.78 is 66.4. The molecule has 1 heterocycles. The van der Waals surface area contributed by atoms with E-state index in [9.17, 15) is 21.6 Å². The third-order valence-electron chi connectivity index (χ3n) is 3.37. The summed E-state index contributed by atoms with van der Waals surface area (Å²) in [6.07, 6.45) is -4.08. The Morgan fingerprint density at radius 3 is 2.27 bits per heavy atom. The molecule has 9 heteroatoms. The number of rotatable bonds is 3. The smallest absolute Gasteiger partial charge is 0.406 e. The van der Waals surface area contributed by atoms with Gasteiger partial charge >= 0.3 is 6.36 Å². The van der Waals surface area contributed by atoms with Crippen molar-refractivity contribution in [2.24, 2.45) is 0 Å². The van der Waals surface area contributed by atoms with Crippen molar-refractivity contribution in [2.45, 2.75) is 17.7 Å². The minimum atomic E-state index is -4.80. The molecule has 0 N–H and O–H groups in total. The van der Waals surface area contributed by atoms with Crippen molar-refractivity contribution in [1.29, 1.82) is 0 Å². The highest BCUT2D eigenvalue weighted by molar-refractivity contribution is 7.89. The van der Waals surface area contributed by atoms with Gasteiger partial charge in [0.05, 0.1) is 4.90 Å². The molecule has 1 aliphatic rings. The van der Waals surface area contributed by atoms with Crippen LogP contribution in [-0.2, 0) is 10.0 Å². The highest BCUT2D eigenvalue weighted by Crippen LogP contribution is 2.25. The molecule has 1 aliphatic heterocycles. The average Bonchev–Trinajstić information content (AvgIpc) is 2.62. The molecule has 1 fully saturated rings. The molecule has 0 unspecified atom stereocenters. The fourth-order valence-corrected chi connectivity index (χ4v) is 3.70. The Morgan fingerprint density at radius 1 is 1.05 bits per heavy atom. The predicted molar refractivity (Wildman–Crippen MR) is 74.0 cm³/mol. The number of hydrogen-bond donors (Lipinski definition) is 0. The lowest BCUT2D eigenvalue weighted by Crippen LogP contribution is -2.34. The van der Waals surface area contributed by atoms with Crippen LogP contribution in [-0.4, -0.2) is 57.2 Å². The van der Waals surface area contributed by atoms with Gasteiger partial charge in [0.15, 0.2) is 0 Å². The van der Waals surface area contributed by atoms with Gasteiger partial charge in [-0.05, 0) is 44.3 Å². The first kappa shape index (κ1) is 17.0. The Bertz CT molecular complexity index is 602. The number of benzene rings is 1. The maximum Gasteiger partial charge on any atom is 0.573 e. The van der Waals surface area contributed by atoms with Crippen LogP contribution in [0.25, 0.3) is 0 Å². The molecule has 1 aromatic rings. The molecule has 0 bridgehead atoms. The quantitative estimate of drug-likeness (QED) is 0.845. The van der Waals surface area contributed by atoms with E-state index in [1.807, 2.05) is 11.9 Å². The monoisotopic (exact) mass is 338 g/mol. The van der Waals surface area contributed by atoms with E-state index in [1.165, 1.54) is 4.31 Å². The van der Waals surface area contributed by atoms with Crippen molar-refractivity contribution < 1.29 is 26.3 Å². The molecule has 22 heavy (non-hydrogen) atoms. The van der Waals surface area contributed by atoms with E-state index in [0.717, 1.165) is 30.8 Å². The zero-order valence-electron chi connectivity index (χ0n) is 12.0. The maximum atomic E-state index is 12.5. The maximum absolute atomic E-state index is 12.5. The summed E-state index contributed by atoms with van der Waals surface area (Å²) in [6.45, 7) is 2.19. The van der Waals surface area contributed by atoms with E-state index < -0.39 is 22.1 Å². The lowest BCUT2D eigenvalue weighted by Gasteiger charge is -2.20.